The number of nitrogens with one attached hydrogen (secondary N) is 1. The summed E-state index contributed by atoms with van der Waals surface area (Å²) in [4.78, 5) is 47.4. The van der Waals surface area contributed by atoms with E-state index in [1.54, 1.807) is 27.1 Å². The smallest absolute Gasteiger partial charge is 0.332 e. The van der Waals surface area contributed by atoms with Gasteiger partial charge in [0, 0.05) is 45.3 Å². The molecule has 2 aliphatic rings. The fourth-order valence-corrected chi connectivity index (χ4v) is 6.66. The molecule has 0 aromatic heterocycles. The van der Waals surface area contributed by atoms with Crippen LogP contribution in [-0.4, -0.2) is 83.1 Å². The lowest BCUT2D eigenvalue weighted by molar-refractivity contribution is -0.158. The van der Waals surface area contributed by atoms with Gasteiger partial charge in [0.15, 0.2) is 0 Å². The number of nitrogens with zero attached hydrogens (tertiary/aromatic N) is 5. The summed E-state index contributed by atoms with van der Waals surface area (Å²) in [6.45, 7) is 4.60. The summed E-state index contributed by atoms with van der Waals surface area (Å²) in [5, 5.41) is 8.49. The van der Waals surface area contributed by atoms with Crippen molar-refractivity contribution >= 4 is 34.3 Å². The van der Waals surface area contributed by atoms with Crippen molar-refractivity contribution in [2.24, 2.45) is 0 Å². The monoisotopic (exact) mass is 636 g/mol. The van der Waals surface area contributed by atoms with Gasteiger partial charge in [0.25, 0.3) is 0 Å². The summed E-state index contributed by atoms with van der Waals surface area (Å²) < 4.78 is 13.4. The molecule has 0 saturated carbocycles. The average molecular weight is 637 g/mol. The maximum atomic E-state index is 14.3. The number of urea groups is 1. The molecule has 0 radical (unpaired) electrons. The van der Waals surface area contributed by atoms with Gasteiger partial charge in [0.2, 0.25) is 11.8 Å². The molecule has 4 aromatic rings. The number of anilines is 1. The molecule has 2 saturated heterocycles. The van der Waals surface area contributed by atoms with Gasteiger partial charge in [0.1, 0.15) is 18.0 Å². The van der Waals surface area contributed by atoms with Crippen molar-refractivity contribution < 1.29 is 18.8 Å². The molecule has 4 amide bonds. The van der Waals surface area contributed by atoms with Crippen LogP contribution in [0.1, 0.15) is 30.5 Å². The fourth-order valence-electron chi connectivity index (χ4n) is 6.66. The molecule has 2 aliphatic heterocycles. The normalized spacial score (nSPS) is 18.2. The van der Waals surface area contributed by atoms with E-state index in [0.29, 0.717) is 13.0 Å². The molecule has 244 valence electrons. The molecule has 0 aliphatic carbocycles. The van der Waals surface area contributed by atoms with Gasteiger partial charge in [0.05, 0.1) is 13.1 Å². The predicted octanol–water partition coefficient (Wildman–Crippen LogP) is 5.00. The minimum Gasteiger partial charge on any atom is -0.378 e. The van der Waals surface area contributed by atoms with Gasteiger partial charge < -0.3 is 20.0 Å². The first-order valence-corrected chi connectivity index (χ1v) is 16.0. The van der Waals surface area contributed by atoms with Crippen LogP contribution in [0.25, 0.3) is 10.8 Å². The maximum Gasteiger partial charge on any atom is 0.332 e. The zero-order chi connectivity index (χ0) is 33.2. The van der Waals surface area contributed by atoms with E-state index >= 15 is 0 Å². The number of amides is 4. The van der Waals surface area contributed by atoms with Crippen molar-refractivity contribution in [2.75, 3.05) is 32.1 Å². The highest BCUT2D eigenvalue weighted by molar-refractivity contribution is 5.92. The van der Waals surface area contributed by atoms with Crippen LogP contribution in [0.4, 0.5) is 14.9 Å². The van der Waals surface area contributed by atoms with E-state index in [0.717, 1.165) is 33.2 Å². The van der Waals surface area contributed by atoms with Gasteiger partial charge in [-0.15, -0.1) is 0 Å². The maximum absolute atomic E-state index is 14.3. The molecule has 4 aromatic carbocycles. The number of halogens is 1. The highest BCUT2D eigenvalue weighted by atomic mass is 19.1. The number of rotatable bonds is 9. The Labute approximate surface area is 275 Å². The Morgan fingerprint density at radius 1 is 0.915 bits per heavy atom. The first kappa shape index (κ1) is 32.0. The summed E-state index contributed by atoms with van der Waals surface area (Å²) in [6.07, 6.45) is -0.187. The number of piperazine rings is 1. The third-order valence-corrected chi connectivity index (χ3v) is 9.02. The Morgan fingerprint density at radius 2 is 1.60 bits per heavy atom. The van der Waals surface area contributed by atoms with E-state index in [1.165, 1.54) is 12.1 Å². The van der Waals surface area contributed by atoms with Crippen molar-refractivity contribution in [1.82, 2.24) is 25.1 Å². The van der Waals surface area contributed by atoms with Crippen LogP contribution in [-0.2, 0) is 29.1 Å². The zero-order valence-electron chi connectivity index (χ0n) is 27.3. The standard InChI is InChI=1S/C37H41FN6O3/c1-25(2)44(37(47)39-21-27-12-16-30(38)17-13-27)42-24-35(45)43-33(20-26-14-18-31(19-15-26)40(3)4)36(46)41(23-34(42)43)22-29-10-7-9-28-8-5-6-11-32(28)29/h5-19,25,33-34H,20-24H2,1-4H3,(H,39,47)/t33-,34+/m0/s1. The molecule has 10 heteroatoms. The highest BCUT2D eigenvalue weighted by Gasteiger charge is 2.52. The topological polar surface area (TPSA) is 79.4 Å². The van der Waals surface area contributed by atoms with E-state index in [1.807, 2.05) is 86.3 Å². The second kappa shape index (κ2) is 13.4. The second-order valence-corrected chi connectivity index (χ2v) is 12.7. The number of fused-ring (bicyclic) bond motifs is 2. The van der Waals surface area contributed by atoms with Gasteiger partial charge in [-0.25, -0.2) is 9.18 Å². The Balaban J connectivity index is 1.31. The highest BCUT2D eigenvalue weighted by Crippen LogP contribution is 2.32. The molecular weight excluding hydrogens is 595 g/mol. The van der Waals surface area contributed by atoms with Crippen molar-refractivity contribution in [1.29, 1.82) is 0 Å². The Morgan fingerprint density at radius 3 is 2.30 bits per heavy atom. The van der Waals surface area contributed by atoms with Crippen molar-refractivity contribution in [2.45, 2.75) is 51.6 Å². The Bertz CT molecular complexity index is 1760. The first-order chi connectivity index (χ1) is 22.6. The third kappa shape index (κ3) is 6.64. The van der Waals surface area contributed by atoms with E-state index < -0.39 is 12.2 Å². The molecule has 2 atom stereocenters. The molecular formula is C37H41FN6O3. The van der Waals surface area contributed by atoms with Gasteiger partial charge in [-0.3, -0.25) is 14.6 Å². The molecule has 0 unspecified atom stereocenters. The lowest BCUT2D eigenvalue weighted by Crippen LogP contribution is -2.66. The summed E-state index contributed by atoms with van der Waals surface area (Å²) in [5.41, 5.74) is 3.77. The van der Waals surface area contributed by atoms with Crippen molar-refractivity contribution in [3.05, 3.63) is 114 Å². The van der Waals surface area contributed by atoms with Crippen LogP contribution in [0.15, 0.2) is 91.0 Å². The summed E-state index contributed by atoms with van der Waals surface area (Å²) >= 11 is 0. The molecule has 47 heavy (non-hydrogen) atoms. The fraction of sp³-hybridized carbons (Fsp3) is 0.324. The summed E-state index contributed by atoms with van der Waals surface area (Å²) in [7, 11) is 3.95. The van der Waals surface area contributed by atoms with Gasteiger partial charge >= 0.3 is 6.03 Å². The number of carbonyl (C=O) groups is 3. The zero-order valence-corrected chi connectivity index (χ0v) is 27.3. The predicted molar refractivity (Wildman–Crippen MR) is 181 cm³/mol. The Hall–Kier alpha value is -4.96. The lowest BCUT2D eigenvalue weighted by Gasteiger charge is -2.47. The largest absolute Gasteiger partial charge is 0.378 e. The average Bonchev–Trinajstić information content (AvgIpc) is 3.37. The minimum atomic E-state index is -0.734. The van der Waals surface area contributed by atoms with Crippen molar-refractivity contribution in [3.8, 4) is 0 Å². The summed E-state index contributed by atoms with van der Waals surface area (Å²) in [5.74, 6) is -0.652. The number of hydrogen-bond donors (Lipinski definition) is 1. The molecule has 9 nitrogen and oxygen atoms in total. The molecule has 2 fully saturated rings. The molecule has 1 N–H and O–H groups in total. The van der Waals surface area contributed by atoms with E-state index in [9.17, 15) is 18.8 Å². The molecule has 2 heterocycles. The van der Waals surface area contributed by atoms with E-state index in [4.69, 9.17) is 0 Å². The van der Waals surface area contributed by atoms with E-state index in [2.05, 4.69) is 23.5 Å². The second-order valence-electron chi connectivity index (χ2n) is 12.7. The van der Waals surface area contributed by atoms with Crippen LogP contribution < -0.4 is 10.2 Å². The molecule has 0 spiro atoms. The number of hydrogen-bond acceptors (Lipinski definition) is 5. The minimum absolute atomic E-state index is 0.0295. The van der Waals surface area contributed by atoms with Crippen LogP contribution in [0, 0.1) is 5.82 Å². The summed E-state index contributed by atoms with van der Waals surface area (Å²) in [6, 6.07) is 26.8. The number of benzene rings is 4. The Kier molecular flexibility index (Phi) is 9.13. The number of hydrazine groups is 1. The van der Waals surface area contributed by atoms with Gasteiger partial charge in [-0.05, 0) is 65.6 Å². The van der Waals surface area contributed by atoms with Gasteiger partial charge in [-0.1, -0.05) is 66.7 Å². The van der Waals surface area contributed by atoms with Crippen LogP contribution in [0.3, 0.4) is 0 Å². The van der Waals surface area contributed by atoms with Crippen LogP contribution in [0.2, 0.25) is 0 Å². The number of carbonyl (C=O) groups excluding carboxylic acids is 3. The quantitative estimate of drug-likeness (QED) is 0.280. The molecule has 0 bridgehead atoms. The lowest BCUT2D eigenvalue weighted by atomic mass is 9.98. The van der Waals surface area contributed by atoms with E-state index in [-0.39, 0.29) is 49.3 Å². The SMILES string of the molecule is CC(C)N(C(=O)NCc1ccc(F)cc1)N1CC(=O)N2[C@@H](Cc3ccc(N(C)C)cc3)C(=O)N(Cc3cccc4ccccc34)C[C@@H]21. The van der Waals surface area contributed by atoms with Gasteiger partial charge in [-0.2, -0.15) is 5.01 Å². The first-order valence-electron chi connectivity index (χ1n) is 16.0. The van der Waals surface area contributed by atoms with Crippen LogP contribution >= 0.6 is 0 Å². The van der Waals surface area contributed by atoms with Crippen molar-refractivity contribution in [3.63, 3.8) is 0 Å². The molecule has 6 rings (SSSR count). The third-order valence-electron chi connectivity index (χ3n) is 9.02. The van der Waals surface area contributed by atoms with Crippen LogP contribution in [0.5, 0.6) is 0 Å².